The number of hydrogen-bond acceptors (Lipinski definition) is 4. The maximum absolute atomic E-state index is 4.77. The highest BCUT2D eigenvalue weighted by molar-refractivity contribution is 5.60. The number of aryl methyl sites for hydroxylation is 2. The zero-order valence-corrected chi connectivity index (χ0v) is 11.4. The molecule has 98 valence electrons. The molecule has 0 aliphatic carbocycles. The number of fused-ring (bicyclic) bond motifs is 1. The lowest BCUT2D eigenvalue weighted by Crippen LogP contribution is -2.26. The van der Waals surface area contributed by atoms with Crippen LogP contribution in [0.25, 0.3) is 11.4 Å². The topological polar surface area (TPSA) is 50.7 Å². The van der Waals surface area contributed by atoms with Gasteiger partial charge in [-0.3, -0.25) is 4.98 Å². The minimum absolute atomic E-state index is 0.845. The van der Waals surface area contributed by atoms with Crippen LogP contribution in [0.3, 0.4) is 0 Å². The fraction of sp³-hybridized carbons (Fsp3) is 0.400. The summed E-state index contributed by atoms with van der Waals surface area (Å²) >= 11 is 0. The molecule has 4 nitrogen and oxygen atoms in total. The van der Waals surface area contributed by atoms with Gasteiger partial charge >= 0.3 is 0 Å². The number of rotatable bonds is 2. The van der Waals surface area contributed by atoms with Crippen molar-refractivity contribution >= 4 is 0 Å². The maximum atomic E-state index is 4.77. The van der Waals surface area contributed by atoms with Gasteiger partial charge in [-0.15, -0.1) is 0 Å². The van der Waals surface area contributed by atoms with E-state index in [0.29, 0.717) is 0 Å². The molecule has 0 saturated heterocycles. The van der Waals surface area contributed by atoms with E-state index in [-0.39, 0.29) is 0 Å². The van der Waals surface area contributed by atoms with Crippen molar-refractivity contribution in [2.24, 2.45) is 0 Å². The molecule has 19 heavy (non-hydrogen) atoms. The van der Waals surface area contributed by atoms with E-state index in [4.69, 9.17) is 4.98 Å². The lowest BCUT2D eigenvalue weighted by Gasteiger charge is -2.19. The van der Waals surface area contributed by atoms with Gasteiger partial charge in [-0.1, -0.05) is 6.92 Å². The first kappa shape index (κ1) is 12.2. The summed E-state index contributed by atoms with van der Waals surface area (Å²) in [7, 11) is 0. The molecule has 0 radical (unpaired) electrons. The molecule has 0 atom stereocenters. The fourth-order valence-electron chi connectivity index (χ4n) is 2.56. The Morgan fingerprint density at radius 2 is 2.21 bits per heavy atom. The molecule has 3 rings (SSSR count). The molecule has 1 N–H and O–H groups in total. The summed E-state index contributed by atoms with van der Waals surface area (Å²) in [4.78, 5) is 13.6. The molecule has 0 fully saturated rings. The lowest BCUT2D eigenvalue weighted by molar-refractivity contribution is 0.622. The highest BCUT2D eigenvalue weighted by atomic mass is 14.9. The molecule has 1 aliphatic heterocycles. The van der Waals surface area contributed by atoms with Crippen molar-refractivity contribution in [2.45, 2.75) is 33.2 Å². The van der Waals surface area contributed by atoms with Gasteiger partial charge in [0.2, 0.25) is 0 Å². The zero-order chi connectivity index (χ0) is 13.2. The van der Waals surface area contributed by atoms with Crippen molar-refractivity contribution in [3.63, 3.8) is 0 Å². The first-order valence-corrected chi connectivity index (χ1v) is 6.80. The summed E-state index contributed by atoms with van der Waals surface area (Å²) in [5.74, 6) is 0.845. The molecule has 2 aromatic rings. The molecule has 0 aromatic carbocycles. The second-order valence-corrected chi connectivity index (χ2v) is 4.87. The van der Waals surface area contributed by atoms with E-state index < -0.39 is 0 Å². The molecule has 0 saturated carbocycles. The molecule has 2 aromatic heterocycles. The summed E-state index contributed by atoms with van der Waals surface area (Å²) in [5, 5.41) is 3.37. The third-order valence-corrected chi connectivity index (χ3v) is 3.67. The number of nitrogens with one attached hydrogen (secondary N) is 1. The molecular formula is C15H18N4. The van der Waals surface area contributed by atoms with E-state index in [1.54, 1.807) is 0 Å². The van der Waals surface area contributed by atoms with Crippen LogP contribution < -0.4 is 5.32 Å². The van der Waals surface area contributed by atoms with Crippen LogP contribution in [0.15, 0.2) is 18.5 Å². The van der Waals surface area contributed by atoms with Crippen LogP contribution in [0, 0.1) is 6.92 Å². The maximum Gasteiger partial charge on any atom is 0.160 e. The smallest absolute Gasteiger partial charge is 0.160 e. The van der Waals surface area contributed by atoms with E-state index in [1.807, 2.05) is 18.5 Å². The summed E-state index contributed by atoms with van der Waals surface area (Å²) in [6.45, 7) is 6.10. The van der Waals surface area contributed by atoms with Gasteiger partial charge in [-0.25, -0.2) is 9.97 Å². The van der Waals surface area contributed by atoms with Crippen LogP contribution in [-0.2, 0) is 19.4 Å². The van der Waals surface area contributed by atoms with Crippen LogP contribution >= 0.6 is 0 Å². The molecule has 0 spiro atoms. The molecular weight excluding hydrogens is 236 g/mol. The fourth-order valence-corrected chi connectivity index (χ4v) is 2.56. The Labute approximate surface area is 113 Å². The average Bonchev–Trinajstić information content (AvgIpc) is 2.47. The Morgan fingerprint density at radius 1 is 1.32 bits per heavy atom. The van der Waals surface area contributed by atoms with Crippen molar-refractivity contribution in [2.75, 3.05) is 6.54 Å². The third kappa shape index (κ3) is 2.24. The van der Waals surface area contributed by atoms with Crippen molar-refractivity contribution in [1.82, 2.24) is 20.3 Å². The Kier molecular flexibility index (Phi) is 3.25. The Bertz CT molecular complexity index is 607. The van der Waals surface area contributed by atoms with Gasteiger partial charge in [-0.2, -0.15) is 0 Å². The molecule has 0 amide bonds. The SMILES string of the molecule is CCc1cnccc1-c1nc(C)c2c(n1)CCNC2. The van der Waals surface area contributed by atoms with Crippen molar-refractivity contribution in [3.8, 4) is 11.4 Å². The summed E-state index contributed by atoms with van der Waals surface area (Å²) in [5.41, 5.74) is 5.87. The van der Waals surface area contributed by atoms with E-state index >= 15 is 0 Å². The number of pyridine rings is 1. The largest absolute Gasteiger partial charge is 0.312 e. The summed E-state index contributed by atoms with van der Waals surface area (Å²) in [6.07, 6.45) is 5.66. The number of hydrogen-bond donors (Lipinski definition) is 1. The molecule has 0 bridgehead atoms. The molecule has 3 heterocycles. The van der Waals surface area contributed by atoms with Crippen molar-refractivity contribution in [3.05, 3.63) is 41.0 Å². The standard InChI is InChI=1S/C15H18N4/c1-3-11-8-16-6-4-12(11)15-18-10(2)13-9-17-7-5-14(13)19-15/h4,6,8,17H,3,5,7,9H2,1-2H3. The highest BCUT2D eigenvalue weighted by Crippen LogP contribution is 2.23. The van der Waals surface area contributed by atoms with E-state index in [1.165, 1.54) is 16.8 Å². The van der Waals surface area contributed by atoms with Crippen LogP contribution in [0.1, 0.15) is 29.4 Å². The first-order chi connectivity index (χ1) is 9.29. The van der Waals surface area contributed by atoms with Crippen LogP contribution in [0.2, 0.25) is 0 Å². The van der Waals surface area contributed by atoms with E-state index in [2.05, 4.69) is 29.1 Å². The Morgan fingerprint density at radius 3 is 3.05 bits per heavy atom. The summed E-state index contributed by atoms with van der Waals surface area (Å²) < 4.78 is 0. The predicted molar refractivity (Wildman–Crippen MR) is 74.8 cm³/mol. The molecule has 1 aliphatic rings. The van der Waals surface area contributed by atoms with Crippen molar-refractivity contribution in [1.29, 1.82) is 0 Å². The van der Waals surface area contributed by atoms with Gasteiger partial charge in [0.15, 0.2) is 5.82 Å². The highest BCUT2D eigenvalue weighted by Gasteiger charge is 2.16. The van der Waals surface area contributed by atoms with Gasteiger partial charge in [0.05, 0.1) is 5.69 Å². The normalized spacial score (nSPS) is 14.2. The third-order valence-electron chi connectivity index (χ3n) is 3.67. The van der Waals surface area contributed by atoms with Crippen LogP contribution in [0.5, 0.6) is 0 Å². The van der Waals surface area contributed by atoms with Crippen LogP contribution in [0.4, 0.5) is 0 Å². The minimum atomic E-state index is 0.845. The lowest BCUT2D eigenvalue weighted by atomic mass is 10.0. The monoisotopic (exact) mass is 254 g/mol. The molecule has 4 heteroatoms. The zero-order valence-electron chi connectivity index (χ0n) is 11.4. The predicted octanol–water partition coefficient (Wildman–Crippen LogP) is 2.06. The van der Waals surface area contributed by atoms with Gasteiger partial charge in [0.1, 0.15) is 0 Å². The number of nitrogens with zero attached hydrogens (tertiary/aromatic N) is 3. The van der Waals surface area contributed by atoms with Crippen molar-refractivity contribution < 1.29 is 0 Å². The van der Waals surface area contributed by atoms with Gasteiger partial charge < -0.3 is 5.32 Å². The molecule has 0 unspecified atom stereocenters. The Balaban J connectivity index is 2.13. The van der Waals surface area contributed by atoms with Gasteiger partial charge in [0.25, 0.3) is 0 Å². The van der Waals surface area contributed by atoms with Crippen LogP contribution in [-0.4, -0.2) is 21.5 Å². The average molecular weight is 254 g/mol. The second-order valence-electron chi connectivity index (χ2n) is 4.87. The quantitative estimate of drug-likeness (QED) is 0.891. The number of aromatic nitrogens is 3. The Hall–Kier alpha value is -1.81. The summed E-state index contributed by atoms with van der Waals surface area (Å²) in [6, 6.07) is 2.01. The van der Waals surface area contributed by atoms with Gasteiger partial charge in [0, 0.05) is 48.7 Å². The second kappa shape index (κ2) is 5.05. The first-order valence-electron chi connectivity index (χ1n) is 6.80. The van der Waals surface area contributed by atoms with Gasteiger partial charge in [-0.05, 0) is 25.0 Å². The van der Waals surface area contributed by atoms with E-state index in [9.17, 15) is 0 Å². The minimum Gasteiger partial charge on any atom is -0.312 e. The van der Waals surface area contributed by atoms with E-state index in [0.717, 1.165) is 43.0 Å².